The summed E-state index contributed by atoms with van der Waals surface area (Å²) in [5.74, 6) is 0.639. The zero-order chi connectivity index (χ0) is 11.8. The molecule has 94 valence electrons. The Morgan fingerprint density at radius 1 is 1.56 bits per heavy atom. The first-order chi connectivity index (χ1) is 7.74. The molecular formula is C11H21NO3S. The van der Waals surface area contributed by atoms with Crippen molar-refractivity contribution in [2.24, 2.45) is 5.73 Å². The molecule has 16 heavy (non-hydrogen) atoms. The lowest BCUT2D eigenvalue weighted by Crippen LogP contribution is -2.33. The Labute approximate surface area is 101 Å². The van der Waals surface area contributed by atoms with Crippen molar-refractivity contribution in [3.8, 4) is 0 Å². The molecule has 0 aromatic heterocycles. The highest BCUT2D eigenvalue weighted by atomic mass is 32.2. The minimum absolute atomic E-state index is 0.282. The summed E-state index contributed by atoms with van der Waals surface area (Å²) >= 11 is 1.89. The molecule has 1 rings (SSSR count). The molecule has 0 spiro atoms. The summed E-state index contributed by atoms with van der Waals surface area (Å²) < 4.78 is 10.1. The number of rotatable bonds is 6. The van der Waals surface area contributed by atoms with Gasteiger partial charge >= 0.3 is 5.97 Å². The number of hydrogen-bond donors (Lipinski definition) is 1. The predicted octanol–water partition coefficient (Wildman–Crippen LogP) is 1.18. The SMILES string of the molecule is CCOC(=O)C(N)CCSC1CCOCC1. The Bertz CT molecular complexity index is 207. The van der Waals surface area contributed by atoms with E-state index < -0.39 is 6.04 Å². The summed E-state index contributed by atoms with van der Waals surface area (Å²) in [4.78, 5) is 11.2. The Morgan fingerprint density at radius 2 is 2.25 bits per heavy atom. The molecule has 2 N–H and O–H groups in total. The average molecular weight is 247 g/mol. The van der Waals surface area contributed by atoms with E-state index in [1.54, 1.807) is 6.92 Å². The molecule has 0 amide bonds. The standard InChI is InChI=1S/C11H21NO3S/c1-2-15-11(13)10(12)5-8-16-9-3-6-14-7-4-9/h9-10H,2-8,12H2,1H3. The molecule has 0 aromatic rings. The second kappa shape index (κ2) is 7.92. The van der Waals surface area contributed by atoms with Crippen molar-refractivity contribution in [1.29, 1.82) is 0 Å². The van der Waals surface area contributed by atoms with Gasteiger partial charge in [0.1, 0.15) is 6.04 Å². The summed E-state index contributed by atoms with van der Waals surface area (Å²) in [5, 5.41) is 0.670. The molecule has 1 fully saturated rings. The Kier molecular flexibility index (Phi) is 6.84. The van der Waals surface area contributed by atoms with Gasteiger partial charge in [-0.1, -0.05) is 0 Å². The maximum atomic E-state index is 11.2. The van der Waals surface area contributed by atoms with E-state index in [4.69, 9.17) is 15.2 Å². The minimum Gasteiger partial charge on any atom is -0.465 e. The van der Waals surface area contributed by atoms with Crippen LogP contribution < -0.4 is 5.73 Å². The molecule has 0 aliphatic carbocycles. The third-order valence-electron chi connectivity index (χ3n) is 2.54. The largest absolute Gasteiger partial charge is 0.465 e. The summed E-state index contributed by atoms with van der Waals surface area (Å²) in [6.07, 6.45) is 2.92. The van der Waals surface area contributed by atoms with Crippen molar-refractivity contribution >= 4 is 17.7 Å². The van der Waals surface area contributed by atoms with Gasteiger partial charge in [0.05, 0.1) is 6.61 Å². The Balaban J connectivity index is 2.07. The quantitative estimate of drug-likeness (QED) is 0.714. The van der Waals surface area contributed by atoms with Crippen LogP contribution >= 0.6 is 11.8 Å². The number of nitrogens with two attached hydrogens (primary N) is 1. The van der Waals surface area contributed by atoms with Crippen LogP contribution in [0.5, 0.6) is 0 Å². The van der Waals surface area contributed by atoms with E-state index in [1.165, 1.54) is 0 Å². The van der Waals surface area contributed by atoms with Crippen LogP contribution in [0.1, 0.15) is 26.2 Å². The van der Waals surface area contributed by atoms with Crippen LogP contribution in [-0.2, 0) is 14.3 Å². The van der Waals surface area contributed by atoms with Gasteiger partial charge in [-0.15, -0.1) is 0 Å². The van der Waals surface area contributed by atoms with E-state index in [-0.39, 0.29) is 5.97 Å². The van der Waals surface area contributed by atoms with Crippen LogP contribution in [0.4, 0.5) is 0 Å². The maximum Gasteiger partial charge on any atom is 0.322 e. The second-order valence-electron chi connectivity index (χ2n) is 3.83. The Morgan fingerprint density at radius 3 is 2.88 bits per heavy atom. The van der Waals surface area contributed by atoms with Crippen molar-refractivity contribution in [2.45, 2.75) is 37.5 Å². The number of hydrogen-bond acceptors (Lipinski definition) is 5. The van der Waals surface area contributed by atoms with Crippen LogP contribution in [0, 0.1) is 0 Å². The summed E-state index contributed by atoms with van der Waals surface area (Å²) in [6.45, 7) is 3.92. The summed E-state index contributed by atoms with van der Waals surface area (Å²) in [5.41, 5.74) is 5.71. The van der Waals surface area contributed by atoms with Gasteiger partial charge in [0.2, 0.25) is 0 Å². The first-order valence-corrected chi connectivity index (χ1v) is 6.90. The van der Waals surface area contributed by atoms with E-state index in [2.05, 4.69) is 0 Å². The third kappa shape index (κ3) is 5.18. The van der Waals surface area contributed by atoms with Gasteiger partial charge in [-0.3, -0.25) is 4.79 Å². The number of carbonyl (C=O) groups is 1. The molecule has 1 unspecified atom stereocenters. The van der Waals surface area contributed by atoms with E-state index >= 15 is 0 Å². The fourth-order valence-corrected chi connectivity index (χ4v) is 2.82. The zero-order valence-electron chi connectivity index (χ0n) is 9.81. The molecule has 4 nitrogen and oxygen atoms in total. The van der Waals surface area contributed by atoms with Gasteiger partial charge in [0, 0.05) is 18.5 Å². The van der Waals surface area contributed by atoms with Crippen LogP contribution in [-0.4, -0.2) is 42.8 Å². The van der Waals surface area contributed by atoms with Gasteiger partial charge < -0.3 is 15.2 Å². The van der Waals surface area contributed by atoms with Crippen LogP contribution in [0.2, 0.25) is 0 Å². The third-order valence-corrected chi connectivity index (χ3v) is 3.95. The van der Waals surface area contributed by atoms with E-state index in [0.717, 1.165) is 31.8 Å². The summed E-state index contributed by atoms with van der Waals surface area (Å²) in [6, 6.07) is -0.465. The number of esters is 1. The average Bonchev–Trinajstić information content (AvgIpc) is 2.30. The maximum absolute atomic E-state index is 11.2. The van der Waals surface area contributed by atoms with Crippen molar-refractivity contribution in [3.05, 3.63) is 0 Å². The second-order valence-corrected chi connectivity index (χ2v) is 5.24. The molecule has 0 radical (unpaired) electrons. The zero-order valence-corrected chi connectivity index (χ0v) is 10.6. The fourth-order valence-electron chi connectivity index (χ4n) is 1.57. The topological polar surface area (TPSA) is 61.5 Å². The minimum atomic E-state index is -0.465. The highest BCUT2D eigenvalue weighted by Gasteiger charge is 2.17. The normalized spacial score (nSPS) is 19.4. The van der Waals surface area contributed by atoms with Gasteiger partial charge in [0.15, 0.2) is 0 Å². The van der Waals surface area contributed by atoms with Crippen molar-refractivity contribution in [3.63, 3.8) is 0 Å². The first-order valence-electron chi connectivity index (χ1n) is 5.85. The van der Waals surface area contributed by atoms with Crippen molar-refractivity contribution in [2.75, 3.05) is 25.6 Å². The van der Waals surface area contributed by atoms with E-state index in [1.807, 2.05) is 11.8 Å². The van der Waals surface area contributed by atoms with Crippen LogP contribution in [0.3, 0.4) is 0 Å². The molecule has 1 aliphatic heterocycles. The molecule has 0 bridgehead atoms. The highest BCUT2D eigenvalue weighted by molar-refractivity contribution is 7.99. The predicted molar refractivity (Wildman–Crippen MR) is 65.5 cm³/mol. The van der Waals surface area contributed by atoms with Gasteiger partial charge in [-0.25, -0.2) is 0 Å². The van der Waals surface area contributed by atoms with Crippen molar-refractivity contribution in [1.82, 2.24) is 0 Å². The van der Waals surface area contributed by atoms with E-state index in [9.17, 15) is 4.79 Å². The monoisotopic (exact) mass is 247 g/mol. The smallest absolute Gasteiger partial charge is 0.322 e. The number of carbonyl (C=O) groups excluding carboxylic acids is 1. The van der Waals surface area contributed by atoms with Crippen molar-refractivity contribution < 1.29 is 14.3 Å². The molecule has 1 saturated heterocycles. The lowest BCUT2D eigenvalue weighted by molar-refractivity contribution is -0.144. The number of thioether (sulfide) groups is 1. The van der Waals surface area contributed by atoms with Gasteiger partial charge in [0.25, 0.3) is 0 Å². The molecule has 1 aliphatic rings. The van der Waals surface area contributed by atoms with Gasteiger partial charge in [-0.2, -0.15) is 11.8 Å². The van der Waals surface area contributed by atoms with Crippen LogP contribution in [0.25, 0.3) is 0 Å². The lowest BCUT2D eigenvalue weighted by atomic mass is 10.2. The van der Waals surface area contributed by atoms with Gasteiger partial charge in [-0.05, 0) is 31.9 Å². The molecule has 5 heteroatoms. The fraction of sp³-hybridized carbons (Fsp3) is 0.909. The molecule has 0 aromatic carbocycles. The number of ether oxygens (including phenoxy) is 2. The Hall–Kier alpha value is -0.260. The summed E-state index contributed by atoms with van der Waals surface area (Å²) in [7, 11) is 0. The molecule has 1 atom stereocenters. The first kappa shape index (κ1) is 13.8. The van der Waals surface area contributed by atoms with E-state index in [0.29, 0.717) is 18.3 Å². The van der Waals surface area contributed by atoms with Crippen LogP contribution in [0.15, 0.2) is 0 Å². The molecule has 0 saturated carbocycles. The highest BCUT2D eigenvalue weighted by Crippen LogP contribution is 2.22. The molecule has 1 heterocycles. The molecular weight excluding hydrogens is 226 g/mol. The lowest BCUT2D eigenvalue weighted by Gasteiger charge is -2.21.